The molecule has 1 saturated heterocycles. The van der Waals surface area contributed by atoms with E-state index in [-0.39, 0.29) is 6.42 Å². The molecule has 6 atom stereocenters. The number of hydrogen-bond acceptors (Lipinski definition) is 8. The average Bonchev–Trinajstić information content (AvgIpc) is 2.65. The quantitative estimate of drug-likeness (QED) is 0.257. The largest absolute Gasteiger partial charge is 0.477 e. The number of aliphatic hydroxyl groups is 4. The second-order valence-corrected chi connectivity index (χ2v) is 6.58. The van der Waals surface area contributed by atoms with Crippen molar-refractivity contribution in [2.45, 2.75) is 69.4 Å². The van der Waals surface area contributed by atoms with Gasteiger partial charge in [-0.25, -0.2) is 4.79 Å². The highest BCUT2D eigenvalue weighted by Gasteiger charge is 2.55. The maximum absolute atomic E-state index is 12.2. The van der Waals surface area contributed by atoms with Crippen molar-refractivity contribution >= 4 is 11.9 Å². The molecule has 0 radical (unpaired) electrons. The van der Waals surface area contributed by atoms with E-state index in [1.165, 1.54) is 0 Å². The Bertz CT molecular complexity index is 553. The summed E-state index contributed by atoms with van der Waals surface area (Å²) in [5, 5.41) is 51.4. The molecule has 1 fully saturated rings. The summed E-state index contributed by atoms with van der Waals surface area (Å²) in [5.74, 6) is -4.24. The Morgan fingerprint density at radius 2 is 2.00 bits per heavy atom. The molecule has 1 aliphatic heterocycles. The Morgan fingerprint density at radius 1 is 1.37 bits per heavy atom. The topological polar surface area (TPSA) is 166 Å². The second kappa shape index (κ2) is 10.1. The molecule has 0 aliphatic carbocycles. The van der Waals surface area contributed by atoms with E-state index in [0.717, 1.165) is 12.7 Å². The minimum atomic E-state index is -2.26. The first-order chi connectivity index (χ1) is 12.6. The summed E-state index contributed by atoms with van der Waals surface area (Å²) in [6, 6.07) is -1.21. The number of allylic oxidation sites excluding steroid dienone is 2. The van der Waals surface area contributed by atoms with Crippen LogP contribution >= 0.6 is 0 Å². The molecular formula is C17H29NO9. The smallest absolute Gasteiger partial charge is 0.364 e. The van der Waals surface area contributed by atoms with Crippen LogP contribution in [0.4, 0.5) is 0 Å². The number of carboxylic acid groups (broad SMARTS) is 1. The summed E-state index contributed by atoms with van der Waals surface area (Å²) in [5.41, 5.74) is 0.988. The highest BCUT2D eigenvalue weighted by molar-refractivity contribution is 5.77. The van der Waals surface area contributed by atoms with Crippen LogP contribution in [-0.2, 0) is 19.1 Å². The molecule has 1 heterocycles. The summed E-state index contributed by atoms with van der Waals surface area (Å²) in [6.45, 7) is 2.87. The molecule has 0 bridgehead atoms. The monoisotopic (exact) mass is 391 g/mol. The molecule has 0 spiro atoms. The molecule has 10 heteroatoms. The predicted octanol–water partition coefficient (Wildman–Crippen LogP) is -1.49. The van der Waals surface area contributed by atoms with Gasteiger partial charge in [-0.3, -0.25) is 4.79 Å². The molecule has 1 unspecified atom stereocenters. The van der Waals surface area contributed by atoms with E-state index in [4.69, 9.17) is 14.6 Å². The van der Waals surface area contributed by atoms with Gasteiger partial charge in [-0.2, -0.15) is 0 Å². The van der Waals surface area contributed by atoms with Crippen molar-refractivity contribution in [2.24, 2.45) is 0 Å². The number of carbonyl (C=O) groups is 2. The minimum Gasteiger partial charge on any atom is -0.477 e. The lowest BCUT2D eigenvalue weighted by Gasteiger charge is -2.46. The lowest BCUT2D eigenvalue weighted by Crippen LogP contribution is -2.67. The molecule has 156 valence electrons. The number of rotatable bonds is 9. The second-order valence-electron chi connectivity index (χ2n) is 6.58. The third-order valence-electron chi connectivity index (χ3n) is 4.71. The number of amides is 1. The van der Waals surface area contributed by atoms with Crippen LogP contribution < -0.4 is 5.32 Å². The Kier molecular flexibility index (Phi) is 8.79. The lowest BCUT2D eigenvalue weighted by atomic mass is 9.88. The fourth-order valence-corrected chi connectivity index (χ4v) is 2.82. The van der Waals surface area contributed by atoms with E-state index in [1.54, 1.807) is 0 Å². The fourth-order valence-electron chi connectivity index (χ4n) is 2.82. The van der Waals surface area contributed by atoms with Gasteiger partial charge < -0.3 is 40.3 Å². The van der Waals surface area contributed by atoms with Gasteiger partial charge in [-0.1, -0.05) is 11.6 Å². The summed E-state index contributed by atoms with van der Waals surface area (Å²) in [4.78, 5) is 23.8. The first kappa shape index (κ1) is 23.5. The third kappa shape index (κ3) is 5.71. The summed E-state index contributed by atoms with van der Waals surface area (Å²) in [6.07, 6.45) is -4.47. The number of hydrogen-bond donors (Lipinski definition) is 6. The molecular weight excluding hydrogens is 362 g/mol. The highest BCUT2D eigenvalue weighted by atomic mass is 16.7. The van der Waals surface area contributed by atoms with Gasteiger partial charge in [0.25, 0.3) is 5.79 Å². The molecule has 10 nitrogen and oxygen atoms in total. The van der Waals surface area contributed by atoms with Crippen molar-refractivity contribution in [3.8, 4) is 0 Å². The van der Waals surface area contributed by atoms with Gasteiger partial charge in [0.05, 0.1) is 18.8 Å². The van der Waals surface area contributed by atoms with E-state index in [1.807, 2.05) is 19.9 Å². The van der Waals surface area contributed by atoms with Crippen LogP contribution in [0.15, 0.2) is 11.6 Å². The number of nitrogens with one attached hydrogen (secondary N) is 1. The van der Waals surface area contributed by atoms with Gasteiger partial charge in [-0.15, -0.1) is 0 Å². The van der Waals surface area contributed by atoms with Crippen LogP contribution in [0.25, 0.3) is 0 Å². The van der Waals surface area contributed by atoms with Gasteiger partial charge >= 0.3 is 5.97 Å². The number of aliphatic carboxylic acids is 1. The number of methoxy groups -OCH3 is 1. The molecule has 1 aliphatic rings. The van der Waals surface area contributed by atoms with Crippen molar-refractivity contribution in [3.63, 3.8) is 0 Å². The standard InChI is InChI=1S/C17H29NO9/c1-4-9(2)5-6-12(22)18-13-10(20)7-17(26-3,16(24)25)27-15(13)14(23)11(21)8-19/h4,10-11,13-15,19-21,23H,5-8H2,1-3H3,(H,18,22)(H,24,25)/b9-4+/t10-,11-,13-,14-,15?,17-/m1/s1. The SMILES string of the molecule is C/C=C(\C)CCC(=O)N[C@H]1C([C@H](O)[C@H](O)CO)O[C@@](OC)(C(=O)O)C[C@H]1O. The van der Waals surface area contributed by atoms with Crippen molar-refractivity contribution in [1.29, 1.82) is 0 Å². The maximum atomic E-state index is 12.2. The van der Waals surface area contributed by atoms with Crippen LogP contribution in [0.2, 0.25) is 0 Å². The predicted molar refractivity (Wildman–Crippen MR) is 92.6 cm³/mol. The number of carboxylic acids is 1. The number of carbonyl (C=O) groups excluding carboxylic acids is 1. The number of ether oxygens (including phenoxy) is 2. The van der Waals surface area contributed by atoms with Crippen LogP contribution in [0, 0.1) is 0 Å². The van der Waals surface area contributed by atoms with Crippen LogP contribution in [-0.4, -0.2) is 87.4 Å². The zero-order chi connectivity index (χ0) is 20.8. The molecule has 0 aromatic heterocycles. The number of aliphatic hydroxyl groups excluding tert-OH is 4. The molecule has 27 heavy (non-hydrogen) atoms. The minimum absolute atomic E-state index is 0.110. The Morgan fingerprint density at radius 3 is 2.48 bits per heavy atom. The van der Waals surface area contributed by atoms with E-state index >= 15 is 0 Å². The Labute approximate surface area is 157 Å². The molecule has 6 N–H and O–H groups in total. The molecule has 1 amide bonds. The van der Waals surface area contributed by atoms with Gasteiger partial charge in [0, 0.05) is 20.0 Å². The summed E-state index contributed by atoms with van der Waals surface area (Å²) in [7, 11) is 1.06. The molecule has 0 saturated carbocycles. The van der Waals surface area contributed by atoms with Gasteiger partial charge in [0.15, 0.2) is 0 Å². The van der Waals surface area contributed by atoms with Crippen molar-refractivity contribution in [2.75, 3.05) is 13.7 Å². The Balaban J connectivity index is 3.04. The Hall–Kier alpha value is -1.56. The zero-order valence-electron chi connectivity index (χ0n) is 15.7. The third-order valence-corrected chi connectivity index (χ3v) is 4.71. The van der Waals surface area contributed by atoms with Crippen molar-refractivity contribution in [3.05, 3.63) is 11.6 Å². The van der Waals surface area contributed by atoms with E-state index in [9.17, 15) is 30.0 Å². The fraction of sp³-hybridized carbons (Fsp3) is 0.765. The van der Waals surface area contributed by atoms with Crippen molar-refractivity contribution in [1.82, 2.24) is 5.32 Å². The summed E-state index contributed by atoms with van der Waals surface area (Å²) < 4.78 is 10.3. The molecule has 0 aromatic rings. The normalized spacial score (nSPS) is 31.2. The van der Waals surface area contributed by atoms with E-state index in [2.05, 4.69) is 5.32 Å². The van der Waals surface area contributed by atoms with Gasteiger partial charge in [0.2, 0.25) is 5.91 Å². The van der Waals surface area contributed by atoms with Gasteiger partial charge in [-0.05, 0) is 20.3 Å². The van der Waals surface area contributed by atoms with Crippen LogP contribution in [0.1, 0.15) is 33.1 Å². The highest BCUT2D eigenvalue weighted by Crippen LogP contribution is 2.33. The maximum Gasteiger partial charge on any atom is 0.364 e. The van der Waals surface area contributed by atoms with Gasteiger partial charge in [0.1, 0.15) is 18.3 Å². The van der Waals surface area contributed by atoms with Crippen molar-refractivity contribution < 1.29 is 44.6 Å². The first-order valence-electron chi connectivity index (χ1n) is 8.64. The first-order valence-corrected chi connectivity index (χ1v) is 8.64. The summed E-state index contributed by atoms with van der Waals surface area (Å²) >= 11 is 0. The van der Waals surface area contributed by atoms with E-state index < -0.39 is 61.1 Å². The van der Waals surface area contributed by atoms with Crippen LogP contribution in [0.3, 0.4) is 0 Å². The molecule has 0 aromatic carbocycles. The lowest BCUT2D eigenvalue weighted by molar-refractivity contribution is -0.303. The van der Waals surface area contributed by atoms with E-state index in [0.29, 0.717) is 6.42 Å². The average molecular weight is 391 g/mol. The zero-order valence-corrected chi connectivity index (χ0v) is 15.7. The molecule has 1 rings (SSSR count). The van der Waals surface area contributed by atoms with Crippen LogP contribution in [0.5, 0.6) is 0 Å².